The van der Waals surface area contributed by atoms with Gasteiger partial charge in [-0.1, -0.05) is 17.7 Å². The molecular formula is C10H6ClFOS. The monoisotopic (exact) mass is 228 g/mol. The molecule has 0 saturated heterocycles. The van der Waals surface area contributed by atoms with Crippen LogP contribution in [0.3, 0.4) is 0 Å². The van der Waals surface area contributed by atoms with Gasteiger partial charge in [-0.25, -0.2) is 4.39 Å². The third-order valence-electron chi connectivity index (χ3n) is 2.02. The van der Waals surface area contributed by atoms with Crippen LogP contribution in [0.5, 0.6) is 0 Å². The van der Waals surface area contributed by atoms with Gasteiger partial charge in [0.05, 0.1) is 4.91 Å². The van der Waals surface area contributed by atoms with E-state index in [4.69, 9.17) is 11.6 Å². The second-order valence-corrected chi connectivity index (χ2v) is 4.13. The summed E-state index contributed by atoms with van der Waals surface area (Å²) in [4.78, 5) is 12.1. The summed E-state index contributed by atoms with van der Waals surface area (Å²) in [6.45, 7) is 0. The van der Waals surface area contributed by atoms with Gasteiger partial charge in [-0.2, -0.15) is 0 Å². The number of halogens is 2. The molecule has 2 rings (SSSR count). The van der Waals surface area contributed by atoms with Crippen LogP contribution in [0, 0.1) is 5.82 Å². The molecule has 0 fully saturated rings. The minimum atomic E-state index is -0.391. The number of ketones is 1. The first kappa shape index (κ1) is 9.74. The highest BCUT2D eigenvalue weighted by molar-refractivity contribution is 8.03. The number of allylic oxidation sites excluding steroid dienone is 1. The smallest absolute Gasteiger partial charge is 0.200 e. The fourth-order valence-corrected chi connectivity index (χ4v) is 2.48. The Morgan fingerprint density at radius 3 is 3.00 bits per heavy atom. The van der Waals surface area contributed by atoms with Crippen LogP contribution in [-0.2, 0) is 5.75 Å². The van der Waals surface area contributed by atoms with Gasteiger partial charge in [-0.05, 0) is 17.7 Å². The van der Waals surface area contributed by atoms with Crippen molar-refractivity contribution in [2.24, 2.45) is 0 Å². The lowest BCUT2D eigenvalue weighted by atomic mass is 10.0. The number of hydrogen-bond acceptors (Lipinski definition) is 2. The minimum Gasteiger partial charge on any atom is -0.288 e. The van der Waals surface area contributed by atoms with E-state index in [9.17, 15) is 9.18 Å². The van der Waals surface area contributed by atoms with Crippen molar-refractivity contribution in [3.8, 4) is 0 Å². The zero-order valence-corrected chi connectivity index (χ0v) is 8.66. The Morgan fingerprint density at radius 2 is 2.29 bits per heavy atom. The maximum atomic E-state index is 12.9. The average molecular weight is 229 g/mol. The Morgan fingerprint density at radius 1 is 1.50 bits per heavy atom. The SMILES string of the molecule is O=C1C(=CCl)SCc2ccc(F)cc21. The van der Waals surface area contributed by atoms with Crippen LogP contribution in [0.1, 0.15) is 15.9 Å². The maximum Gasteiger partial charge on any atom is 0.200 e. The molecule has 0 aromatic heterocycles. The molecule has 0 saturated carbocycles. The average Bonchev–Trinajstić information content (AvgIpc) is 2.20. The summed E-state index contributed by atoms with van der Waals surface area (Å²) in [5.74, 6) is 0.0866. The predicted molar refractivity (Wildman–Crippen MR) is 56.0 cm³/mol. The van der Waals surface area contributed by atoms with E-state index in [0.29, 0.717) is 16.2 Å². The molecule has 72 valence electrons. The molecule has 4 heteroatoms. The summed E-state index contributed by atoms with van der Waals surface area (Å²) in [6, 6.07) is 4.26. The van der Waals surface area contributed by atoms with E-state index in [2.05, 4.69) is 0 Å². The molecular weight excluding hydrogens is 223 g/mol. The van der Waals surface area contributed by atoms with Crippen molar-refractivity contribution in [1.29, 1.82) is 0 Å². The fourth-order valence-electron chi connectivity index (χ4n) is 1.32. The molecule has 0 amide bonds. The molecule has 0 radical (unpaired) electrons. The first-order chi connectivity index (χ1) is 6.72. The van der Waals surface area contributed by atoms with Gasteiger partial charge in [0.2, 0.25) is 5.78 Å². The minimum absolute atomic E-state index is 0.189. The van der Waals surface area contributed by atoms with E-state index in [1.807, 2.05) is 0 Å². The predicted octanol–water partition coefficient (Wildman–Crippen LogP) is 3.34. The molecule has 0 bridgehead atoms. The van der Waals surface area contributed by atoms with Crippen molar-refractivity contribution in [2.75, 3.05) is 0 Å². The summed E-state index contributed by atoms with van der Waals surface area (Å²) in [6.07, 6.45) is 0. The van der Waals surface area contributed by atoms with Crippen molar-refractivity contribution < 1.29 is 9.18 Å². The van der Waals surface area contributed by atoms with Gasteiger partial charge in [-0.15, -0.1) is 11.8 Å². The lowest BCUT2D eigenvalue weighted by molar-refractivity contribution is 0.104. The third kappa shape index (κ3) is 1.57. The standard InChI is InChI=1S/C10H6ClFOS/c11-4-9-10(13)8-3-7(12)2-1-6(8)5-14-9/h1-4H,5H2. The third-order valence-corrected chi connectivity index (χ3v) is 3.44. The van der Waals surface area contributed by atoms with Crippen LogP contribution in [-0.4, -0.2) is 5.78 Å². The summed E-state index contributed by atoms with van der Waals surface area (Å²) in [5, 5.41) is 0. The number of rotatable bonds is 0. The molecule has 0 unspecified atom stereocenters. The molecule has 0 atom stereocenters. The van der Waals surface area contributed by atoms with Gasteiger partial charge in [0.15, 0.2) is 0 Å². The van der Waals surface area contributed by atoms with E-state index in [0.717, 1.165) is 5.56 Å². The fraction of sp³-hybridized carbons (Fsp3) is 0.100. The van der Waals surface area contributed by atoms with E-state index >= 15 is 0 Å². The first-order valence-corrected chi connectivity index (χ1v) is 5.41. The highest BCUT2D eigenvalue weighted by atomic mass is 35.5. The molecule has 1 aliphatic heterocycles. The number of hydrogen-bond donors (Lipinski definition) is 0. The van der Waals surface area contributed by atoms with Gasteiger partial charge < -0.3 is 0 Å². The zero-order chi connectivity index (χ0) is 10.1. The number of carbonyl (C=O) groups excluding carboxylic acids is 1. The number of benzene rings is 1. The summed E-state index contributed by atoms with van der Waals surface area (Å²) in [5.41, 5.74) is 2.54. The molecule has 0 aliphatic carbocycles. The van der Waals surface area contributed by atoms with E-state index in [1.165, 1.54) is 29.4 Å². The van der Waals surface area contributed by atoms with Gasteiger partial charge in [0.1, 0.15) is 5.82 Å². The Balaban J connectivity index is 2.54. The van der Waals surface area contributed by atoms with Gasteiger partial charge >= 0.3 is 0 Å². The maximum absolute atomic E-state index is 12.9. The second-order valence-electron chi connectivity index (χ2n) is 2.89. The Hall–Kier alpha value is -0.800. The van der Waals surface area contributed by atoms with Crippen LogP contribution in [0.2, 0.25) is 0 Å². The summed E-state index contributed by atoms with van der Waals surface area (Å²) >= 11 is 6.86. The van der Waals surface area contributed by atoms with Crippen molar-refractivity contribution in [1.82, 2.24) is 0 Å². The normalized spacial score (nSPS) is 18.4. The van der Waals surface area contributed by atoms with Crippen LogP contribution in [0.25, 0.3) is 0 Å². The Labute approximate surface area is 89.9 Å². The van der Waals surface area contributed by atoms with E-state index in [1.54, 1.807) is 6.07 Å². The van der Waals surface area contributed by atoms with Crippen LogP contribution < -0.4 is 0 Å². The van der Waals surface area contributed by atoms with Crippen molar-refractivity contribution in [2.45, 2.75) is 5.75 Å². The first-order valence-electron chi connectivity index (χ1n) is 3.98. The lowest BCUT2D eigenvalue weighted by Crippen LogP contribution is -2.10. The molecule has 1 aromatic rings. The van der Waals surface area contributed by atoms with Crippen molar-refractivity contribution in [3.63, 3.8) is 0 Å². The molecule has 1 heterocycles. The van der Waals surface area contributed by atoms with E-state index in [-0.39, 0.29) is 5.78 Å². The van der Waals surface area contributed by atoms with Crippen LogP contribution in [0.4, 0.5) is 4.39 Å². The topological polar surface area (TPSA) is 17.1 Å². The molecule has 1 aliphatic rings. The number of carbonyl (C=O) groups is 1. The Kier molecular flexibility index (Phi) is 2.61. The van der Waals surface area contributed by atoms with Gasteiger partial charge in [0.25, 0.3) is 0 Å². The Bertz CT molecular complexity index is 428. The second kappa shape index (κ2) is 3.75. The molecule has 14 heavy (non-hydrogen) atoms. The van der Waals surface area contributed by atoms with E-state index < -0.39 is 5.82 Å². The summed E-state index contributed by atoms with van der Waals surface area (Å²) in [7, 11) is 0. The number of thioether (sulfide) groups is 1. The quantitative estimate of drug-likeness (QED) is 0.634. The van der Waals surface area contributed by atoms with Crippen LogP contribution >= 0.6 is 23.4 Å². The molecule has 1 nitrogen and oxygen atoms in total. The van der Waals surface area contributed by atoms with Crippen molar-refractivity contribution in [3.05, 3.63) is 45.6 Å². The molecule has 0 spiro atoms. The summed E-state index contributed by atoms with van der Waals surface area (Å²) < 4.78 is 12.9. The highest BCUT2D eigenvalue weighted by Gasteiger charge is 2.22. The van der Waals surface area contributed by atoms with Gasteiger partial charge in [0, 0.05) is 16.9 Å². The number of fused-ring (bicyclic) bond motifs is 1. The zero-order valence-electron chi connectivity index (χ0n) is 7.09. The van der Waals surface area contributed by atoms with Crippen LogP contribution in [0.15, 0.2) is 28.6 Å². The largest absolute Gasteiger partial charge is 0.288 e. The molecule has 1 aromatic carbocycles. The van der Waals surface area contributed by atoms with Gasteiger partial charge in [-0.3, -0.25) is 4.79 Å². The highest BCUT2D eigenvalue weighted by Crippen LogP contribution is 2.33. The lowest BCUT2D eigenvalue weighted by Gasteiger charge is -2.15. The van der Waals surface area contributed by atoms with Crippen molar-refractivity contribution >= 4 is 29.1 Å². The number of Topliss-reactive ketones (excluding diaryl/α,β-unsaturated/α-hetero) is 1. The molecule has 0 N–H and O–H groups in total.